The Balaban J connectivity index is 1.42. The minimum absolute atomic E-state index is 0.159. The second-order valence-corrected chi connectivity index (χ2v) is 8.13. The summed E-state index contributed by atoms with van der Waals surface area (Å²) in [6.45, 7) is 0. The van der Waals surface area contributed by atoms with Gasteiger partial charge in [0.1, 0.15) is 17.7 Å². The SMILES string of the molecule is Fc1ccc2c(c1)[C@@H]1C=CC[C@@H]1[C@H](c1ccc(OC3CSC3)cc1)N2. The van der Waals surface area contributed by atoms with Crippen LogP contribution in [0.15, 0.2) is 54.6 Å². The molecule has 0 bridgehead atoms. The molecule has 2 nitrogen and oxygen atoms in total. The summed E-state index contributed by atoms with van der Waals surface area (Å²) < 4.78 is 19.6. The van der Waals surface area contributed by atoms with E-state index in [1.54, 1.807) is 6.07 Å². The zero-order valence-corrected chi connectivity index (χ0v) is 14.6. The summed E-state index contributed by atoms with van der Waals surface area (Å²) in [6, 6.07) is 13.8. The highest BCUT2D eigenvalue weighted by Gasteiger charge is 2.38. The summed E-state index contributed by atoms with van der Waals surface area (Å²) in [5.74, 6) is 3.70. The van der Waals surface area contributed by atoms with Gasteiger partial charge < -0.3 is 10.1 Å². The number of halogens is 1. The Kier molecular flexibility index (Phi) is 3.74. The molecule has 4 heteroatoms. The van der Waals surface area contributed by atoms with Crippen LogP contribution in [0.5, 0.6) is 5.75 Å². The van der Waals surface area contributed by atoms with Crippen LogP contribution in [0.3, 0.4) is 0 Å². The van der Waals surface area contributed by atoms with Crippen molar-refractivity contribution in [3.05, 3.63) is 71.6 Å². The summed E-state index contributed by atoms with van der Waals surface area (Å²) in [4.78, 5) is 0. The largest absolute Gasteiger partial charge is 0.489 e. The van der Waals surface area contributed by atoms with Crippen LogP contribution in [-0.2, 0) is 0 Å². The molecule has 1 aliphatic carbocycles. The van der Waals surface area contributed by atoms with Crippen LogP contribution < -0.4 is 10.1 Å². The van der Waals surface area contributed by atoms with Crippen molar-refractivity contribution in [2.75, 3.05) is 16.8 Å². The fourth-order valence-corrected chi connectivity index (χ4v) is 4.69. The molecule has 0 spiro atoms. The van der Waals surface area contributed by atoms with E-state index in [0.717, 1.165) is 34.9 Å². The number of benzene rings is 2. The molecule has 2 aromatic carbocycles. The molecule has 2 heterocycles. The van der Waals surface area contributed by atoms with Crippen LogP contribution in [0, 0.1) is 11.7 Å². The van der Waals surface area contributed by atoms with Gasteiger partial charge in [-0.25, -0.2) is 4.39 Å². The minimum atomic E-state index is -0.159. The molecular formula is C21H20FNOS. The highest BCUT2D eigenvalue weighted by atomic mass is 32.2. The van der Waals surface area contributed by atoms with Gasteiger partial charge in [-0.05, 0) is 53.8 Å². The van der Waals surface area contributed by atoms with Crippen LogP contribution in [0.1, 0.15) is 29.5 Å². The van der Waals surface area contributed by atoms with Crippen molar-refractivity contribution >= 4 is 17.4 Å². The maximum absolute atomic E-state index is 13.7. The Morgan fingerprint density at radius 2 is 1.92 bits per heavy atom. The van der Waals surface area contributed by atoms with Crippen molar-refractivity contribution in [1.29, 1.82) is 0 Å². The van der Waals surface area contributed by atoms with E-state index in [2.05, 4.69) is 41.7 Å². The third kappa shape index (κ3) is 2.73. The number of rotatable bonds is 3. The lowest BCUT2D eigenvalue weighted by Crippen LogP contribution is -2.31. The summed E-state index contributed by atoms with van der Waals surface area (Å²) in [7, 11) is 0. The molecule has 1 saturated heterocycles. The molecule has 1 fully saturated rings. The van der Waals surface area contributed by atoms with E-state index in [1.165, 1.54) is 11.6 Å². The Hall–Kier alpha value is -1.94. The quantitative estimate of drug-likeness (QED) is 0.772. The molecule has 1 N–H and O–H groups in total. The molecule has 0 unspecified atom stereocenters. The molecule has 0 radical (unpaired) electrons. The Bertz CT molecular complexity index is 815. The number of nitrogens with one attached hydrogen (secondary N) is 1. The van der Waals surface area contributed by atoms with Crippen LogP contribution in [0.25, 0.3) is 0 Å². The number of hydrogen-bond donors (Lipinski definition) is 1. The van der Waals surface area contributed by atoms with Crippen LogP contribution >= 0.6 is 11.8 Å². The Labute approximate surface area is 151 Å². The van der Waals surface area contributed by atoms with E-state index in [-0.39, 0.29) is 11.9 Å². The molecule has 128 valence electrons. The predicted molar refractivity (Wildman–Crippen MR) is 101 cm³/mol. The van der Waals surface area contributed by atoms with Gasteiger partial charge in [-0.3, -0.25) is 0 Å². The first-order chi connectivity index (χ1) is 12.3. The van der Waals surface area contributed by atoms with Gasteiger partial charge in [-0.1, -0.05) is 24.3 Å². The zero-order chi connectivity index (χ0) is 16.8. The molecular weight excluding hydrogens is 333 g/mol. The summed E-state index contributed by atoms with van der Waals surface area (Å²) in [5.41, 5.74) is 3.40. The number of allylic oxidation sites excluding steroid dienone is 2. The molecule has 2 aromatic rings. The molecule has 3 aliphatic rings. The fourth-order valence-electron chi connectivity index (χ4n) is 4.12. The second-order valence-electron chi connectivity index (χ2n) is 7.05. The number of hydrogen-bond acceptors (Lipinski definition) is 3. The topological polar surface area (TPSA) is 21.3 Å². The average molecular weight is 353 g/mol. The Morgan fingerprint density at radius 3 is 2.68 bits per heavy atom. The number of anilines is 1. The molecule has 3 atom stereocenters. The van der Waals surface area contributed by atoms with Gasteiger partial charge in [0.05, 0.1) is 6.04 Å². The van der Waals surface area contributed by atoms with Gasteiger partial charge in [0.15, 0.2) is 0 Å². The lowest BCUT2D eigenvalue weighted by Gasteiger charge is -2.37. The van der Waals surface area contributed by atoms with E-state index in [0.29, 0.717) is 17.9 Å². The van der Waals surface area contributed by atoms with Crippen LogP contribution in [-0.4, -0.2) is 17.6 Å². The lowest BCUT2D eigenvalue weighted by molar-refractivity contribution is 0.240. The van der Waals surface area contributed by atoms with Gasteiger partial charge in [0.25, 0.3) is 0 Å². The van der Waals surface area contributed by atoms with Crippen molar-refractivity contribution in [2.45, 2.75) is 24.5 Å². The second kappa shape index (κ2) is 6.10. The minimum Gasteiger partial charge on any atom is -0.489 e. The van der Waals surface area contributed by atoms with Crippen molar-refractivity contribution in [3.8, 4) is 5.75 Å². The third-order valence-corrected chi connectivity index (χ3v) is 6.69. The third-order valence-electron chi connectivity index (χ3n) is 5.47. The van der Waals surface area contributed by atoms with Crippen LogP contribution in [0.2, 0.25) is 0 Å². The first-order valence-corrected chi connectivity index (χ1v) is 10.0. The number of thioether (sulfide) groups is 1. The van der Waals surface area contributed by atoms with Crippen molar-refractivity contribution in [3.63, 3.8) is 0 Å². The van der Waals surface area contributed by atoms with E-state index < -0.39 is 0 Å². The van der Waals surface area contributed by atoms with E-state index >= 15 is 0 Å². The maximum Gasteiger partial charge on any atom is 0.123 e. The highest BCUT2D eigenvalue weighted by molar-refractivity contribution is 8.00. The molecule has 0 aromatic heterocycles. The first-order valence-electron chi connectivity index (χ1n) is 8.85. The van der Waals surface area contributed by atoms with Gasteiger partial charge >= 0.3 is 0 Å². The summed E-state index contributed by atoms with van der Waals surface area (Å²) >= 11 is 1.93. The first kappa shape index (κ1) is 15.3. The molecule has 0 saturated carbocycles. The average Bonchev–Trinajstić information content (AvgIpc) is 3.08. The summed E-state index contributed by atoms with van der Waals surface area (Å²) in [5, 5.41) is 3.64. The molecule has 25 heavy (non-hydrogen) atoms. The maximum atomic E-state index is 13.7. The summed E-state index contributed by atoms with van der Waals surface area (Å²) in [6.07, 6.45) is 5.86. The predicted octanol–water partition coefficient (Wildman–Crippen LogP) is 5.15. The Morgan fingerprint density at radius 1 is 1.08 bits per heavy atom. The zero-order valence-electron chi connectivity index (χ0n) is 13.8. The standard InChI is InChI=1S/C21H20FNOS/c22-14-6-9-20-19(10-14)17-2-1-3-18(17)21(23-20)13-4-7-15(8-5-13)24-16-11-25-12-16/h1-2,4-10,16-18,21,23H,3,11-12H2/t17-,18+,21+/m1/s1. The monoisotopic (exact) mass is 353 g/mol. The molecule has 0 amide bonds. The smallest absolute Gasteiger partial charge is 0.123 e. The van der Waals surface area contributed by atoms with Crippen molar-refractivity contribution in [2.24, 2.45) is 5.92 Å². The number of fused-ring (bicyclic) bond motifs is 3. The van der Waals surface area contributed by atoms with Gasteiger partial charge in [0.2, 0.25) is 0 Å². The van der Waals surface area contributed by atoms with Crippen LogP contribution in [0.4, 0.5) is 10.1 Å². The highest BCUT2D eigenvalue weighted by Crippen LogP contribution is 2.49. The molecule has 5 rings (SSSR count). The van der Waals surface area contributed by atoms with Crippen molar-refractivity contribution < 1.29 is 9.13 Å². The van der Waals surface area contributed by atoms with E-state index in [9.17, 15) is 4.39 Å². The van der Waals surface area contributed by atoms with E-state index in [4.69, 9.17) is 4.74 Å². The lowest BCUT2D eigenvalue weighted by atomic mass is 9.77. The fraction of sp³-hybridized carbons (Fsp3) is 0.333. The number of ether oxygens (including phenoxy) is 1. The van der Waals surface area contributed by atoms with Crippen molar-refractivity contribution in [1.82, 2.24) is 0 Å². The van der Waals surface area contributed by atoms with Gasteiger partial charge in [-0.15, -0.1) is 0 Å². The van der Waals surface area contributed by atoms with Gasteiger partial charge in [0, 0.05) is 23.1 Å². The van der Waals surface area contributed by atoms with Gasteiger partial charge in [-0.2, -0.15) is 11.8 Å². The molecule has 2 aliphatic heterocycles. The normalized spacial score (nSPS) is 27.2. The van der Waals surface area contributed by atoms with E-state index in [1.807, 2.05) is 17.8 Å².